The number of thiophene rings is 2. The van der Waals surface area contributed by atoms with Gasteiger partial charge in [0.05, 0.1) is 21.4 Å². The van der Waals surface area contributed by atoms with Crippen LogP contribution in [-0.4, -0.2) is 4.57 Å². The molecule has 154 valence electrons. The van der Waals surface area contributed by atoms with Gasteiger partial charge in [-0.15, -0.1) is 22.7 Å². The largest absolute Gasteiger partial charge is 0.308 e. The predicted molar refractivity (Wildman–Crippen MR) is 147 cm³/mol. The van der Waals surface area contributed by atoms with Crippen LogP contribution in [-0.2, 0) is 0 Å². The molecule has 0 aliphatic rings. The number of para-hydroxylation sites is 1. The molecule has 3 heteroatoms. The van der Waals surface area contributed by atoms with Crippen LogP contribution in [0.15, 0.2) is 103 Å². The minimum absolute atomic E-state index is 1.26. The van der Waals surface area contributed by atoms with Crippen molar-refractivity contribution < 1.29 is 0 Å². The zero-order valence-corrected chi connectivity index (χ0v) is 19.2. The maximum Gasteiger partial charge on any atom is 0.0640 e. The normalized spacial score (nSPS) is 12.2. The second-order valence-electron chi connectivity index (χ2n) is 8.57. The molecule has 3 heterocycles. The summed E-state index contributed by atoms with van der Waals surface area (Å²) >= 11 is 3.78. The van der Waals surface area contributed by atoms with Crippen molar-refractivity contribution in [3.05, 3.63) is 103 Å². The van der Waals surface area contributed by atoms with Crippen LogP contribution in [0.5, 0.6) is 0 Å². The van der Waals surface area contributed by atoms with Gasteiger partial charge in [0, 0.05) is 46.4 Å². The van der Waals surface area contributed by atoms with Crippen molar-refractivity contribution in [2.45, 2.75) is 0 Å². The first-order valence-corrected chi connectivity index (χ1v) is 12.8. The third-order valence-corrected chi connectivity index (χ3v) is 9.14. The lowest BCUT2D eigenvalue weighted by Crippen LogP contribution is -1.93. The second kappa shape index (κ2) is 6.44. The van der Waals surface area contributed by atoms with Crippen LogP contribution in [0, 0.1) is 0 Å². The van der Waals surface area contributed by atoms with Gasteiger partial charge in [0.15, 0.2) is 0 Å². The lowest BCUT2D eigenvalue weighted by Gasteiger charge is -2.09. The molecule has 0 aliphatic carbocycles. The molecule has 0 amide bonds. The molecule has 0 saturated carbocycles. The summed E-state index contributed by atoms with van der Waals surface area (Å²) in [5.41, 5.74) is 3.80. The highest BCUT2D eigenvalue weighted by Crippen LogP contribution is 2.43. The van der Waals surface area contributed by atoms with Crippen molar-refractivity contribution in [2.24, 2.45) is 0 Å². The first-order chi connectivity index (χ1) is 16.4. The summed E-state index contributed by atoms with van der Waals surface area (Å²) in [6.07, 6.45) is 0. The van der Waals surface area contributed by atoms with Crippen LogP contribution >= 0.6 is 22.7 Å². The number of nitrogens with zero attached hydrogens (tertiary/aromatic N) is 1. The molecule has 0 spiro atoms. The summed E-state index contributed by atoms with van der Waals surface area (Å²) < 4.78 is 7.87. The summed E-state index contributed by atoms with van der Waals surface area (Å²) in [5.74, 6) is 0. The number of benzene rings is 5. The van der Waals surface area contributed by atoms with Crippen LogP contribution in [0.4, 0.5) is 0 Å². The Morgan fingerprint density at radius 2 is 1.09 bits per heavy atom. The summed E-state index contributed by atoms with van der Waals surface area (Å²) in [7, 11) is 0. The Kier molecular flexibility index (Phi) is 3.48. The first-order valence-electron chi connectivity index (χ1n) is 11.1. The van der Waals surface area contributed by atoms with Crippen LogP contribution in [0.2, 0.25) is 0 Å². The van der Waals surface area contributed by atoms with Crippen molar-refractivity contribution in [3.63, 3.8) is 0 Å². The predicted octanol–water partition coefficient (Wildman–Crippen LogP) is 9.52. The van der Waals surface area contributed by atoms with Gasteiger partial charge in [0.2, 0.25) is 0 Å². The monoisotopic (exact) mass is 455 g/mol. The summed E-state index contributed by atoms with van der Waals surface area (Å²) in [4.78, 5) is 0. The topological polar surface area (TPSA) is 4.93 Å². The van der Waals surface area contributed by atoms with Gasteiger partial charge in [-0.25, -0.2) is 0 Å². The molecule has 0 radical (unpaired) electrons. The first kappa shape index (κ1) is 17.8. The fourth-order valence-corrected chi connectivity index (χ4v) is 7.69. The van der Waals surface area contributed by atoms with Gasteiger partial charge in [0.25, 0.3) is 0 Å². The SMILES string of the molecule is c1ccc2c(c1)sc1cc3c4ccccc4n(-c4cccc5c4sc4ccccc45)c3cc12. The fourth-order valence-electron chi connectivity index (χ4n) is 5.35. The van der Waals surface area contributed by atoms with Gasteiger partial charge in [-0.1, -0.05) is 66.7 Å². The second-order valence-corrected chi connectivity index (χ2v) is 10.7. The molecule has 0 fully saturated rings. The summed E-state index contributed by atoms with van der Waals surface area (Å²) in [6.45, 7) is 0. The number of fused-ring (bicyclic) bond motifs is 9. The molecule has 8 rings (SSSR count). The number of aromatic nitrogens is 1. The van der Waals surface area contributed by atoms with Gasteiger partial charge >= 0.3 is 0 Å². The molecule has 0 atom stereocenters. The maximum atomic E-state index is 2.48. The maximum absolute atomic E-state index is 2.48. The van der Waals surface area contributed by atoms with E-state index in [4.69, 9.17) is 0 Å². The molecule has 1 nitrogen and oxygen atoms in total. The van der Waals surface area contributed by atoms with Crippen molar-refractivity contribution in [3.8, 4) is 5.69 Å². The van der Waals surface area contributed by atoms with Crippen molar-refractivity contribution in [1.29, 1.82) is 0 Å². The zero-order valence-electron chi connectivity index (χ0n) is 17.6. The van der Waals surface area contributed by atoms with E-state index < -0.39 is 0 Å². The summed E-state index contributed by atoms with van der Waals surface area (Å²) in [5, 5.41) is 7.99. The van der Waals surface area contributed by atoms with Crippen LogP contribution in [0.3, 0.4) is 0 Å². The Morgan fingerprint density at radius 3 is 1.94 bits per heavy atom. The highest BCUT2D eigenvalue weighted by Gasteiger charge is 2.18. The molecule has 5 aromatic carbocycles. The molecule has 0 unspecified atom stereocenters. The summed E-state index contributed by atoms with van der Waals surface area (Å²) in [6, 6.07) is 37.9. The van der Waals surface area contributed by atoms with Gasteiger partial charge in [-0.3, -0.25) is 0 Å². The highest BCUT2D eigenvalue weighted by molar-refractivity contribution is 7.26. The minimum atomic E-state index is 1.26. The van der Waals surface area contributed by atoms with E-state index in [0.29, 0.717) is 0 Å². The van der Waals surface area contributed by atoms with E-state index in [9.17, 15) is 0 Å². The number of rotatable bonds is 1. The van der Waals surface area contributed by atoms with Crippen LogP contribution < -0.4 is 0 Å². The molecule has 3 aromatic heterocycles. The Bertz CT molecular complexity index is 2030. The molecule has 8 aromatic rings. The van der Waals surface area contributed by atoms with E-state index in [-0.39, 0.29) is 0 Å². The molecular weight excluding hydrogens is 438 g/mol. The lowest BCUT2D eigenvalue weighted by atomic mass is 10.1. The smallest absolute Gasteiger partial charge is 0.0640 e. The van der Waals surface area contributed by atoms with Crippen molar-refractivity contribution >= 4 is 84.8 Å². The number of hydrogen-bond donors (Lipinski definition) is 0. The molecule has 0 N–H and O–H groups in total. The third kappa shape index (κ3) is 2.36. The van der Waals surface area contributed by atoms with Crippen LogP contribution in [0.1, 0.15) is 0 Å². The number of hydrogen-bond acceptors (Lipinski definition) is 2. The Morgan fingerprint density at radius 1 is 0.424 bits per heavy atom. The molecule has 33 heavy (non-hydrogen) atoms. The zero-order chi connectivity index (χ0) is 21.5. The van der Waals surface area contributed by atoms with E-state index in [0.717, 1.165) is 0 Å². The molecule has 0 bridgehead atoms. The average Bonchev–Trinajstić information content (AvgIpc) is 3.52. The van der Waals surface area contributed by atoms with E-state index in [1.54, 1.807) is 0 Å². The highest BCUT2D eigenvalue weighted by atomic mass is 32.1. The third-order valence-electron chi connectivity index (χ3n) is 6.80. The quantitative estimate of drug-likeness (QED) is 0.232. The van der Waals surface area contributed by atoms with Crippen LogP contribution in [0.25, 0.3) is 67.8 Å². The van der Waals surface area contributed by atoms with Gasteiger partial charge in [0.1, 0.15) is 0 Å². The van der Waals surface area contributed by atoms with E-state index in [1.807, 2.05) is 22.7 Å². The average molecular weight is 456 g/mol. The Balaban J connectivity index is 1.58. The standard InChI is InChI=1S/C30H17NS2/c1-4-12-24-18(8-1)22-17-29-23(20-10-3-5-14-27(20)32-29)16-26(22)31(24)25-13-7-11-21-19-9-2-6-15-28(19)33-30(21)25/h1-17H. The lowest BCUT2D eigenvalue weighted by molar-refractivity contribution is 1.20. The fraction of sp³-hybridized carbons (Fsp3) is 0. The van der Waals surface area contributed by atoms with Gasteiger partial charge < -0.3 is 4.57 Å². The molecule has 0 saturated heterocycles. The van der Waals surface area contributed by atoms with E-state index in [1.165, 1.54) is 67.8 Å². The van der Waals surface area contributed by atoms with Crippen molar-refractivity contribution in [2.75, 3.05) is 0 Å². The van der Waals surface area contributed by atoms with Gasteiger partial charge in [-0.05, 0) is 36.4 Å². The van der Waals surface area contributed by atoms with E-state index in [2.05, 4.69) is 108 Å². The van der Waals surface area contributed by atoms with E-state index >= 15 is 0 Å². The minimum Gasteiger partial charge on any atom is -0.308 e. The molecule has 0 aliphatic heterocycles. The Hall–Kier alpha value is -3.66. The van der Waals surface area contributed by atoms with Crippen molar-refractivity contribution in [1.82, 2.24) is 4.57 Å². The Labute approximate surface area is 197 Å². The van der Waals surface area contributed by atoms with Gasteiger partial charge in [-0.2, -0.15) is 0 Å². The molecular formula is C30H17NS2.